The van der Waals surface area contributed by atoms with Gasteiger partial charge in [-0.15, -0.1) is 0 Å². The maximum absolute atomic E-state index is 13.4. The Labute approximate surface area is 244 Å². The lowest BCUT2D eigenvalue weighted by Crippen LogP contribution is -2.39. The number of unbranched alkanes of at least 4 members (excludes halogenated alkanes) is 12. The van der Waals surface area contributed by atoms with Crippen LogP contribution in [-0.4, -0.2) is 18.4 Å². The van der Waals surface area contributed by atoms with Gasteiger partial charge in [0.25, 0.3) is 0 Å². The molecule has 0 N–H and O–H groups in total. The molecule has 0 atom stereocenters. The van der Waals surface area contributed by atoms with E-state index in [0.29, 0.717) is 19.4 Å². The van der Waals surface area contributed by atoms with Crippen LogP contribution in [0.3, 0.4) is 0 Å². The minimum absolute atomic E-state index is 0.0546. The molecule has 0 aliphatic heterocycles. The number of Topliss-reactive ketones (excluding diaryl/α,β-unsaturated/α-hetero) is 1. The van der Waals surface area contributed by atoms with Crippen LogP contribution >= 0.6 is 0 Å². The van der Waals surface area contributed by atoms with Crippen molar-refractivity contribution in [2.24, 2.45) is 5.41 Å². The molecule has 0 aromatic rings. The second-order valence-electron chi connectivity index (χ2n) is 11.7. The highest BCUT2D eigenvalue weighted by atomic mass is 16.5. The van der Waals surface area contributed by atoms with Gasteiger partial charge in [0.2, 0.25) is 0 Å². The van der Waals surface area contributed by atoms with Crippen molar-refractivity contribution in [3.8, 4) is 0 Å². The topological polar surface area (TPSA) is 43.4 Å². The van der Waals surface area contributed by atoms with Gasteiger partial charge < -0.3 is 4.74 Å². The summed E-state index contributed by atoms with van der Waals surface area (Å²) in [7, 11) is 0. The third kappa shape index (κ3) is 17.8. The maximum Gasteiger partial charge on any atom is 0.320 e. The highest BCUT2D eigenvalue weighted by molar-refractivity contribution is 6.03. The zero-order chi connectivity index (χ0) is 29.2. The number of ketones is 1. The molecule has 3 heteroatoms. The third-order valence-corrected chi connectivity index (χ3v) is 8.22. The summed E-state index contributed by atoms with van der Waals surface area (Å²) in [5.41, 5.74) is 1.76. The molecule has 228 valence electrons. The Hall–Kier alpha value is -1.38. The van der Waals surface area contributed by atoms with Crippen LogP contribution in [0, 0.1) is 5.41 Å². The molecule has 0 bridgehead atoms. The van der Waals surface area contributed by atoms with Gasteiger partial charge in [-0.3, -0.25) is 9.59 Å². The van der Waals surface area contributed by atoms with Gasteiger partial charge in [-0.2, -0.15) is 0 Å². The van der Waals surface area contributed by atoms with Crippen LogP contribution in [0.25, 0.3) is 0 Å². The number of esters is 1. The second-order valence-corrected chi connectivity index (χ2v) is 11.7. The molecular weight excluding hydrogens is 480 g/mol. The summed E-state index contributed by atoms with van der Waals surface area (Å²) >= 11 is 0. The first kappa shape index (κ1) is 37.6. The lowest BCUT2D eigenvalue weighted by Gasteiger charge is -2.28. The molecule has 0 spiro atoms. The zero-order valence-corrected chi connectivity index (χ0v) is 27.1. The normalized spacial score (nSPS) is 11.3. The molecule has 0 saturated heterocycles. The van der Waals surface area contributed by atoms with E-state index in [2.05, 4.69) is 39.8 Å². The van der Waals surface area contributed by atoms with Crippen molar-refractivity contribution in [1.82, 2.24) is 0 Å². The standard InChI is InChI=1S/C36H66O3/c1-7-12-16-20-24-33(25-21-17-13-8-2)28-30-36(32(6)37,35(38)39-11-5)31-29-34(26-22-18-14-9-3)27-23-19-15-10-4/h28-29H,7-27,30-31H2,1-6H3. The fourth-order valence-electron chi connectivity index (χ4n) is 5.36. The number of carbonyl (C=O) groups is 2. The van der Waals surface area contributed by atoms with Gasteiger partial charge in [0.1, 0.15) is 11.2 Å². The van der Waals surface area contributed by atoms with Crippen LogP contribution in [0.15, 0.2) is 23.3 Å². The minimum Gasteiger partial charge on any atom is -0.465 e. The van der Waals surface area contributed by atoms with E-state index >= 15 is 0 Å². The molecular formula is C36H66O3. The summed E-state index contributed by atoms with van der Waals surface area (Å²) in [6.07, 6.45) is 29.6. The molecule has 39 heavy (non-hydrogen) atoms. The summed E-state index contributed by atoms with van der Waals surface area (Å²) in [6, 6.07) is 0. The highest BCUT2D eigenvalue weighted by Gasteiger charge is 2.43. The molecule has 0 aliphatic carbocycles. The Morgan fingerprint density at radius 3 is 1.13 bits per heavy atom. The van der Waals surface area contributed by atoms with E-state index in [9.17, 15) is 9.59 Å². The van der Waals surface area contributed by atoms with Gasteiger partial charge >= 0.3 is 5.97 Å². The smallest absolute Gasteiger partial charge is 0.320 e. The fraction of sp³-hybridized carbons (Fsp3) is 0.833. The first-order valence-electron chi connectivity index (χ1n) is 17.0. The first-order valence-corrected chi connectivity index (χ1v) is 17.0. The Kier molecular flexibility index (Phi) is 24.7. The second kappa shape index (κ2) is 25.6. The van der Waals surface area contributed by atoms with Gasteiger partial charge in [0.05, 0.1) is 6.61 Å². The number of hydrogen-bond acceptors (Lipinski definition) is 3. The summed E-state index contributed by atoms with van der Waals surface area (Å²) in [6.45, 7) is 12.7. The molecule has 0 amide bonds. The summed E-state index contributed by atoms with van der Waals surface area (Å²) in [5, 5.41) is 0. The molecule has 0 aromatic heterocycles. The SMILES string of the molecule is CCCCCCC(=CCC(CC=C(CCCCCC)CCCCCC)(C(C)=O)C(=O)OCC)CCCCCC. The van der Waals surface area contributed by atoms with Gasteiger partial charge in [0.15, 0.2) is 0 Å². The van der Waals surface area contributed by atoms with E-state index in [4.69, 9.17) is 4.74 Å². The van der Waals surface area contributed by atoms with Crippen LogP contribution < -0.4 is 0 Å². The molecule has 0 aromatic carbocycles. The molecule has 3 nitrogen and oxygen atoms in total. The molecule has 0 saturated carbocycles. The fourth-order valence-corrected chi connectivity index (χ4v) is 5.36. The first-order chi connectivity index (χ1) is 18.9. The van der Waals surface area contributed by atoms with E-state index in [1.54, 1.807) is 6.92 Å². The number of hydrogen-bond donors (Lipinski definition) is 0. The van der Waals surface area contributed by atoms with E-state index in [1.807, 2.05) is 6.92 Å². The van der Waals surface area contributed by atoms with Crippen LogP contribution in [0.5, 0.6) is 0 Å². The number of allylic oxidation sites excluding steroid dienone is 4. The van der Waals surface area contributed by atoms with E-state index in [1.165, 1.54) is 114 Å². The Bertz CT molecular complexity index is 605. The van der Waals surface area contributed by atoms with Crippen molar-refractivity contribution >= 4 is 11.8 Å². The summed E-state index contributed by atoms with van der Waals surface area (Å²) in [5.74, 6) is -0.390. The van der Waals surface area contributed by atoms with Crippen molar-refractivity contribution < 1.29 is 14.3 Å². The molecule has 0 fully saturated rings. The van der Waals surface area contributed by atoms with Crippen LogP contribution in [0.2, 0.25) is 0 Å². The van der Waals surface area contributed by atoms with Gasteiger partial charge in [-0.1, -0.05) is 128 Å². The number of ether oxygens (including phenoxy) is 1. The molecule has 0 heterocycles. The van der Waals surface area contributed by atoms with Crippen LogP contribution in [0.1, 0.15) is 183 Å². The van der Waals surface area contributed by atoms with E-state index in [-0.39, 0.29) is 11.8 Å². The van der Waals surface area contributed by atoms with Crippen molar-refractivity contribution in [2.75, 3.05) is 6.61 Å². The summed E-state index contributed by atoms with van der Waals surface area (Å²) in [4.78, 5) is 26.7. The third-order valence-electron chi connectivity index (χ3n) is 8.22. The number of rotatable bonds is 27. The Morgan fingerprint density at radius 2 is 0.872 bits per heavy atom. The van der Waals surface area contributed by atoms with Crippen molar-refractivity contribution in [2.45, 2.75) is 183 Å². The lowest BCUT2D eigenvalue weighted by molar-refractivity contribution is -0.159. The number of carbonyl (C=O) groups excluding carboxylic acids is 2. The highest BCUT2D eigenvalue weighted by Crippen LogP contribution is 2.34. The van der Waals surface area contributed by atoms with Gasteiger partial charge in [-0.25, -0.2) is 0 Å². The predicted octanol–water partition coefficient (Wildman–Crippen LogP) is 11.6. The predicted molar refractivity (Wildman–Crippen MR) is 170 cm³/mol. The molecule has 0 unspecified atom stereocenters. The summed E-state index contributed by atoms with van der Waals surface area (Å²) < 4.78 is 5.57. The van der Waals surface area contributed by atoms with Crippen molar-refractivity contribution in [3.05, 3.63) is 23.3 Å². The average Bonchev–Trinajstić information content (AvgIpc) is 2.92. The largest absolute Gasteiger partial charge is 0.465 e. The Morgan fingerprint density at radius 1 is 0.538 bits per heavy atom. The monoisotopic (exact) mass is 547 g/mol. The van der Waals surface area contributed by atoms with E-state index < -0.39 is 5.41 Å². The van der Waals surface area contributed by atoms with Crippen molar-refractivity contribution in [1.29, 1.82) is 0 Å². The quantitative estimate of drug-likeness (QED) is 0.0445. The molecule has 0 aliphatic rings. The van der Waals surface area contributed by atoms with Crippen LogP contribution in [0.4, 0.5) is 0 Å². The van der Waals surface area contributed by atoms with E-state index in [0.717, 1.165) is 25.7 Å². The minimum atomic E-state index is -1.10. The Balaban J connectivity index is 5.93. The average molecular weight is 547 g/mol. The maximum atomic E-state index is 13.4. The zero-order valence-electron chi connectivity index (χ0n) is 27.1. The van der Waals surface area contributed by atoms with Crippen LogP contribution in [-0.2, 0) is 14.3 Å². The van der Waals surface area contributed by atoms with Gasteiger partial charge in [-0.05, 0) is 78.1 Å². The van der Waals surface area contributed by atoms with Crippen molar-refractivity contribution in [3.63, 3.8) is 0 Å². The van der Waals surface area contributed by atoms with Gasteiger partial charge in [0, 0.05) is 0 Å². The molecule has 0 rings (SSSR count). The molecule has 0 radical (unpaired) electrons. The lowest BCUT2D eigenvalue weighted by atomic mass is 9.76.